The fourth-order valence-corrected chi connectivity index (χ4v) is 0.427. The number of ether oxygens (including phenoxy) is 1. The lowest BCUT2D eigenvalue weighted by atomic mass is 10.1. The highest BCUT2D eigenvalue weighted by atomic mass is 19.4. The Labute approximate surface area is 75.1 Å². The standard InChI is InChI=1S/C8H13F3O2/c1-5(2)6(12)13-7(3,4)8(9,10)11/h5H,1-4H3. The summed E-state index contributed by atoms with van der Waals surface area (Å²) >= 11 is 0. The third-order valence-electron chi connectivity index (χ3n) is 1.51. The lowest BCUT2D eigenvalue weighted by Gasteiger charge is -2.28. The lowest BCUT2D eigenvalue weighted by Crippen LogP contribution is -2.44. The minimum Gasteiger partial charge on any atom is -0.450 e. The SMILES string of the molecule is CC(C)C(=O)OC(C)(C)C(F)(F)F. The van der Waals surface area contributed by atoms with E-state index in [9.17, 15) is 18.0 Å². The number of carbonyl (C=O) groups excluding carboxylic acids is 1. The third kappa shape index (κ3) is 3.24. The zero-order valence-electron chi connectivity index (χ0n) is 8.03. The zero-order chi connectivity index (χ0) is 10.9. The zero-order valence-corrected chi connectivity index (χ0v) is 8.03. The quantitative estimate of drug-likeness (QED) is 0.637. The first-order chi connectivity index (χ1) is 5.58. The van der Waals surface area contributed by atoms with Gasteiger partial charge in [-0.05, 0) is 13.8 Å². The van der Waals surface area contributed by atoms with Crippen LogP contribution < -0.4 is 0 Å². The molecule has 0 rings (SSSR count). The number of carbonyl (C=O) groups is 1. The van der Waals surface area contributed by atoms with Crippen molar-refractivity contribution in [2.45, 2.75) is 39.5 Å². The third-order valence-corrected chi connectivity index (χ3v) is 1.51. The largest absolute Gasteiger partial charge is 0.450 e. The van der Waals surface area contributed by atoms with Crippen LogP contribution in [0.25, 0.3) is 0 Å². The number of hydrogen-bond acceptors (Lipinski definition) is 2. The van der Waals surface area contributed by atoms with E-state index < -0.39 is 23.7 Å². The van der Waals surface area contributed by atoms with Gasteiger partial charge in [0.15, 0.2) is 0 Å². The highest BCUT2D eigenvalue weighted by Crippen LogP contribution is 2.33. The molecule has 0 fully saturated rings. The Hall–Kier alpha value is -0.740. The molecule has 0 atom stereocenters. The van der Waals surface area contributed by atoms with Gasteiger partial charge in [0.2, 0.25) is 5.60 Å². The average molecular weight is 198 g/mol. The summed E-state index contributed by atoms with van der Waals surface area (Å²) in [7, 11) is 0. The minimum absolute atomic E-state index is 0.554. The molecule has 0 unspecified atom stereocenters. The van der Waals surface area contributed by atoms with Crippen molar-refractivity contribution < 1.29 is 22.7 Å². The van der Waals surface area contributed by atoms with E-state index in [-0.39, 0.29) is 0 Å². The number of hydrogen-bond donors (Lipinski definition) is 0. The van der Waals surface area contributed by atoms with Crippen LogP contribution in [0.3, 0.4) is 0 Å². The summed E-state index contributed by atoms with van der Waals surface area (Å²) in [5, 5.41) is 0. The van der Waals surface area contributed by atoms with E-state index in [1.165, 1.54) is 13.8 Å². The van der Waals surface area contributed by atoms with Crippen molar-refractivity contribution in [1.29, 1.82) is 0 Å². The fourth-order valence-electron chi connectivity index (χ4n) is 0.427. The number of alkyl halides is 3. The predicted octanol–water partition coefficient (Wildman–Crippen LogP) is 2.53. The van der Waals surface area contributed by atoms with E-state index in [0.717, 1.165) is 13.8 Å². The van der Waals surface area contributed by atoms with Crippen LogP contribution in [0.5, 0.6) is 0 Å². The molecular formula is C8H13F3O2. The van der Waals surface area contributed by atoms with E-state index in [1.54, 1.807) is 0 Å². The van der Waals surface area contributed by atoms with Gasteiger partial charge in [-0.1, -0.05) is 13.8 Å². The molecular weight excluding hydrogens is 185 g/mol. The summed E-state index contributed by atoms with van der Waals surface area (Å²) in [5.74, 6) is -1.40. The molecule has 13 heavy (non-hydrogen) atoms. The Kier molecular flexibility index (Phi) is 3.35. The van der Waals surface area contributed by atoms with Crippen molar-refractivity contribution in [2.75, 3.05) is 0 Å². The summed E-state index contributed by atoms with van der Waals surface area (Å²) in [6, 6.07) is 0. The van der Waals surface area contributed by atoms with E-state index in [0.29, 0.717) is 0 Å². The topological polar surface area (TPSA) is 26.3 Å². The van der Waals surface area contributed by atoms with Crippen LogP contribution in [0.1, 0.15) is 27.7 Å². The second kappa shape index (κ2) is 3.55. The van der Waals surface area contributed by atoms with Gasteiger partial charge in [0.25, 0.3) is 0 Å². The number of halogens is 3. The maximum absolute atomic E-state index is 12.2. The van der Waals surface area contributed by atoms with Crippen molar-refractivity contribution in [1.82, 2.24) is 0 Å². The van der Waals surface area contributed by atoms with E-state index in [1.807, 2.05) is 0 Å². The Balaban J connectivity index is 4.44. The van der Waals surface area contributed by atoms with Crippen molar-refractivity contribution in [2.24, 2.45) is 5.92 Å². The van der Waals surface area contributed by atoms with Crippen molar-refractivity contribution in [3.05, 3.63) is 0 Å². The minimum atomic E-state index is -4.53. The number of rotatable bonds is 2. The molecule has 0 bridgehead atoms. The van der Waals surface area contributed by atoms with E-state index in [4.69, 9.17) is 0 Å². The van der Waals surface area contributed by atoms with Crippen LogP contribution in [-0.4, -0.2) is 17.7 Å². The average Bonchev–Trinajstić information content (AvgIpc) is 1.83. The normalized spacial score (nSPS) is 13.2. The van der Waals surface area contributed by atoms with Gasteiger partial charge in [-0.25, -0.2) is 0 Å². The summed E-state index contributed by atoms with van der Waals surface area (Å²) < 4.78 is 40.8. The molecule has 0 aromatic heterocycles. The summed E-state index contributed by atoms with van der Waals surface area (Å²) in [5.41, 5.74) is -2.41. The first-order valence-corrected chi connectivity index (χ1v) is 3.87. The molecule has 0 aromatic rings. The molecule has 0 N–H and O–H groups in total. The second-order valence-corrected chi connectivity index (χ2v) is 3.58. The van der Waals surface area contributed by atoms with E-state index >= 15 is 0 Å². The van der Waals surface area contributed by atoms with Gasteiger partial charge >= 0.3 is 12.1 Å². The first-order valence-electron chi connectivity index (χ1n) is 3.87. The van der Waals surface area contributed by atoms with Crippen LogP contribution in [-0.2, 0) is 9.53 Å². The lowest BCUT2D eigenvalue weighted by molar-refractivity contribution is -0.258. The van der Waals surface area contributed by atoms with Gasteiger partial charge < -0.3 is 4.74 Å². The van der Waals surface area contributed by atoms with Gasteiger partial charge in [-0.2, -0.15) is 13.2 Å². The smallest absolute Gasteiger partial charge is 0.427 e. The fraction of sp³-hybridized carbons (Fsp3) is 0.875. The van der Waals surface area contributed by atoms with Crippen molar-refractivity contribution in [3.8, 4) is 0 Å². The molecule has 0 aliphatic rings. The Morgan fingerprint density at radius 3 is 1.85 bits per heavy atom. The van der Waals surface area contributed by atoms with Gasteiger partial charge in [-0.15, -0.1) is 0 Å². The van der Waals surface area contributed by atoms with Gasteiger partial charge in [0, 0.05) is 0 Å². The highest BCUT2D eigenvalue weighted by molar-refractivity contribution is 5.72. The Bertz CT molecular complexity index is 194. The molecule has 0 saturated heterocycles. The maximum atomic E-state index is 12.2. The molecule has 0 heterocycles. The van der Waals surface area contributed by atoms with Crippen LogP contribution >= 0.6 is 0 Å². The van der Waals surface area contributed by atoms with Crippen molar-refractivity contribution in [3.63, 3.8) is 0 Å². The van der Waals surface area contributed by atoms with Crippen LogP contribution in [0.2, 0.25) is 0 Å². The molecule has 0 spiro atoms. The molecule has 0 radical (unpaired) electrons. The van der Waals surface area contributed by atoms with Gasteiger partial charge in [0.1, 0.15) is 0 Å². The molecule has 0 aromatic carbocycles. The predicted molar refractivity (Wildman–Crippen MR) is 41.1 cm³/mol. The molecule has 0 aliphatic carbocycles. The van der Waals surface area contributed by atoms with E-state index in [2.05, 4.69) is 4.74 Å². The Morgan fingerprint density at radius 1 is 1.23 bits per heavy atom. The second-order valence-electron chi connectivity index (χ2n) is 3.58. The van der Waals surface area contributed by atoms with Crippen LogP contribution in [0, 0.1) is 5.92 Å². The summed E-state index contributed by atoms with van der Waals surface area (Å²) in [6.45, 7) is 4.62. The van der Waals surface area contributed by atoms with Gasteiger partial charge in [-0.3, -0.25) is 4.79 Å². The van der Waals surface area contributed by atoms with Gasteiger partial charge in [0.05, 0.1) is 5.92 Å². The monoisotopic (exact) mass is 198 g/mol. The van der Waals surface area contributed by atoms with Crippen LogP contribution in [0.15, 0.2) is 0 Å². The maximum Gasteiger partial charge on any atom is 0.427 e. The molecule has 0 amide bonds. The summed E-state index contributed by atoms with van der Waals surface area (Å²) in [6.07, 6.45) is -4.53. The Morgan fingerprint density at radius 2 is 1.62 bits per heavy atom. The molecule has 5 heteroatoms. The van der Waals surface area contributed by atoms with Crippen LogP contribution in [0.4, 0.5) is 13.2 Å². The number of esters is 1. The molecule has 78 valence electrons. The van der Waals surface area contributed by atoms with Crippen molar-refractivity contribution >= 4 is 5.97 Å². The molecule has 0 saturated carbocycles. The molecule has 2 nitrogen and oxygen atoms in total. The molecule has 0 aliphatic heterocycles. The summed E-state index contributed by atoms with van der Waals surface area (Å²) in [4.78, 5) is 10.9. The first kappa shape index (κ1) is 12.3. The highest BCUT2D eigenvalue weighted by Gasteiger charge is 2.50.